The molecule has 1 N–H and O–H groups in total. The first kappa shape index (κ1) is 13.2. The number of carbonyl (C=O) groups excluding carboxylic acids is 1. The van der Waals surface area contributed by atoms with E-state index in [1.807, 2.05) is 24.3 Å². The summed E-state index contributed by atoms with van der Waals surface area (Å²) >= 11 is 0. The van der Waals surface area contributed by atoms with Gasteiger partial charge in [-0.15, -0.1) is 0 Å². The van der Waals surface area contributed by atoms with Crippen molar-refractivity contribution in [3.63, 3.8) is 0 Å². The fourth-order valence-corrected chi connectivity index (χ4v) is 3.34. The lowest BCUT2D eigenvalue weighted by Gasteiger charge is -2.17. The Morgan fingerprint density at radius 1 is 1.25 bits per heavy atom. The smallest absolute Gasteiger partial charge is 0.223 e. The maximum absolute atomic E-state index is 12.2. The van der Waals surface area contributed by atoms with E-state index in [0.717, 1.165) is 18.6 Å². The summed E-state index contributed by atoms with van der Waals surface area (Å²) in [4.78, 5) is 12.2. The van der Waals surface area contributed by atoms with Crippen LogP contribution in [0.2, 0.25) is 0 Å². The highest BCUT2D eigenvalue weighted by Crippen LogP contribution is 2.43. The monoisotopic (exact) mass is 271 g/mol. The molecule has 1 fully saturated rings. The summed E-state index contributed by atoms with van der Waals surface area (Å²) in [5.74, 6) is 2.45. The van der Waals surface area contributed by atoms with E-state index >= 15 is 0 Å². The van der Waals surface area contributed by atoms with Gasteiger partial charge in [0.2, 0.25) is 5.91 Å². The van der Waals surface area contributed by atoms with Crippen LogP contribution < -0.4 is 10.1 Å². The molecule has 0 spiro atoms. The molecule has 3 heteroatoms. The van der Waals surface area contributed by atoms with Gasteiger partial charge >= 0.3 is 0 Å². The van der Waals surface area contributed by atoms with E-state index in [1.165, 1.54) is 12.0 Å². The fraction of sp³-hybridized carbons (Fsp3) is 0.471. The van der Waals surface area contributed by atoms with Crippen LogP contribution in [0.15, 0.2) is 36.4 Å². The fourth-order valence-electron chi connectivity index (χ4n) is 3.34. The number of benzene rings is 1. The van der Waals surface area contributed by atoms with E-state index in [4.69, 9.17) is 4.74 Å². The van der Waals surface area contributed by atoms with Crippen molar-refractivity contribution < 1.29 is 9.53 Å². The van der Waals surface area contributed by atoms with Crippen molar-refractivity contribution >= 4 is 5.91 Å². The molecular weight excluding hydrogens is 250 g/mol. The van der Waals surface area contributed by atoms with Crippen molar-refractivity contribution in [1.29, 1.82) is 0 Å². The zero-order valence-electron chi connectivity index (χ0n) is 11.8. The minimum Gasteiger partial charge on any atom is -0.497 e. The molecule has 1 amide bonds. The van der Waals surface area contributed by atoms with Crippen LogP contribution in [0.25, 0.3) is 0 Å². The van der Waals surface area contributed by atoms with Crippen LogP contribution in [-0.2, 0) is 11.2 Å². The van der Waals surface area contributed by atoms with E-state index in [-0.39, 0.29) is 11.8 Å². The highest BCUT2D eigenvalue weighted by atomic mass is 16.5. The third-order valence-electron chi connectivity index (χ3n) is 4.49. The van der Waals surface area contributed by atoms with Crippen molar-refractivity contribution in [3.8, 4) is 5.75 Å². The molecule has 0 saturated heterocycles. The Morgan fingerprint density at radius 3 is 2.65 bits per heavy atom. The molecule has 20 heavy (non-hydrogen) atoms. The Morgan fingerprint density at radius 2 is 2.05 bits per heavy atom. The molecule has 1 aromatic rings. The van der Waals surface area contributed by atoms with E-state index in [0.29, 0.717) is 18.4 Å². The Labute approximate surface area is 120 Å². The summed E-state index contributed by atoms with van der Waals surface area (Å²) in [5.41, 5.74) is 1.22. The van der Waals surface area contributed by atoms with Gasteiger partial charge in [-0.2, -0.15) is 0 Å². The predicted molar refractivity (Wildman–Crippen MR) is 78.6 cm³/mol. The lowest BCUT2D eigenvalue weighted by molar-refractivity contribution is -0.125. The van der Waals surface area contributed by atoms with Crippen molar-refractivity contribution in [1.82, 2.24) is 5.32 Å². The third-order valence-corrected chi connectivity index (χ3v) is 4.49. The molecule has 0 unspecified atom stereocenters. The molecule has 0 heterocycles. The highest BCUT2D eigenvalue weighted by Gasteiger charge is 2.39. The number of fused-ring (bicyclic) bond motifs is 2. The molecule has 1 saturated carbocycles. The van der Waals surface area contributed by atoms with Gasteiger partial charge in [-0.25, -0.2) is 0 Å². The molecule has 2 aliphatic carbocycles. The van der Waals surface area contributed by atoms with E-state index in [2.05, 4.69) is 17.5 Å². The average molecular weight is 271 g/mol. The second-order valence-electron chi connectivity index (χ2n) is 5.78. The Kier molecular flexibility index (Phi) is 3.77. The largest absolute Gasteiger partial charge is 0.497 e. The summed E-state index contributed by atoms with van der Waals surface area (Å²) in [6.07, 6.45) is 7.58. The summed E-state index contributed by atoms with van der Waals surface area (Å²) < 4.78 is 5.13. The molecule has 0 radical (unpaired) electrons. The average Bonchev–Trinajstić information content (AvgIpc) is 3.10. The van der Waals surface area contributed by atoms with E-state index in [9.17, 15) is 4.79 Å². The van der Waals surface area contributed by atoms with Crippen LogP contribution >= 0.6 is 0 Å². The Bertz CT molecular complexity index is 506. The second kappa shape index (κ2) is 5.70. The van der Waals surface area contributed by atoms with E-state index < -0.39 is 0 Å². The van der Waals surface area contributed by atoms with E-state index in [1.54, 1.807) is 7.11 Å². The number of amides is 1. The summed E-state index contributed by atoms with van der Waals surface area (Å²) in [5, 5.41) is 3.08. The lowest BCUT2D eigenvalue weighted by atomic mass is 9.93. The maximum Gasteiger partial charge on any atom is 0.223 e. The summed E-state index contributed by atoms with van der Waals surface area (Å²) in [6, 6.07) is 8.01. The van der Waals surface area contributed by atoms with Gasteiger partial charge in [0.05, 0.1) is 7.11 Å². The molecule has 3 atom stereocenters. The normalized spacial score (nSPS) is 26.8. The Hall–Kier alpha value is -1.77. The number of rotatable bonds is 5. The minimum absolute atomic E-state index is 0.209. The van der Waals surface area contributed by atoms with Crippen LogP contribution in [0.3, 0.4) is 0 Å². The standard InChI is InChI=1S/C17H21NO2/c1-20-15-6-3-12(4-7-15)8-9-18-17(19)16-11-13-2-5-14(16)10-13/h2-7,13-14,16H,8-11H2,1H3,(H,18,19)/t13-,14-,16-/m0/s1. The molecule has 0 aliphatic heterocycles. The number of carbonyl (C=O) groups is 1. The summed E-state index contributed by atoms with van der Waals surface area (Å²) in [7, 11) is 1.67. The van der Waals surface area contributed by atoms with Gasteiger partial charge < -0.3 is 10.1 Å². The Balaban J connectivity index is 1.45. The van der Waals surface area contributed by atoms with Gasteiger partial charge in [0.15, 0.2) is 0 Å². The second-order valence-corrected chi connectivity index (χ2v) is 5.78. The number of ether oxygens (including phenoxy) is 1. The van der Waals surface area contributed by atoms with Crippen molar-refractivity contribution in [2.45, 2.75) is 19.3 Å². The molecule has 1 aromatic carbocycles. The lowest BCUT2D eigenvalue weighted by Crippen LogP contribution is -2.34. The topological polar surface area (TPSA) is 38.3 Å². The highest BCUT2D eigenvalue weighted by molar-refractivity contribution is 5.80. The number of nitrogens with one attached hydrogen (secondary N) is 1. The summed E-state index contributed by atoms with van der Waals surface area (Å²) in [6.45, 7) is 0.711. The van der Waals surface area contributed by atoms with Crippen LogP contribution in [0.1, 0.15) is 18.4 Å². The van der Waals surface area contributed by atoms with Crippen molar-refractivity contribution in [2.24, 2.45) is 17.8 Å². The van der Waals surface area contributed by atoms with Gasteiger partial charge in [0, 0.05) is 12.5 Å². The molecule has 2 aliphatic rings. The first-order valence-electron chi connectivity index (χ1n) is 7.35. The van der Waals surface area contributed by atoms with Crippen molar-refractivity contribution in [2.75, 3.05) is 13.7 Å². The first-order chi connectivity index (χ1) is 9.76. The number of hydrogen-bond acceptors (Lipinski definition) is 2. The predicted octanol–water partition coefficient (Wildman–Crippen LogP) is 2.57. The SMILES string of the molecule is COc1ccc(CCNC(=O)[C@H]2C[C@H]3C=C[C@H]2C3)cc1. The van der Waals surface area contributed by atoms with Gasteiger partial charge in [0.25, 0.3) is 0 Å². The number of allylic oxidation sites excluding steroid dienone is 2. The van der Waals surface area contributed by atoms with Crippen molar-refractivity contribution in [3.05, 3.63) is 42.0 Å². The minimum atomic E-state index is 0.209. The number of methoxy groups -OCH3 is 1. The van der Waals surface area contributed by atoms with Crippen LogP contribution in [-0.4, -0.2) is 19.6 Å². The maximum atomic E-state index is 12.2. The van der Waals surface area contributed by atoms with Gasteiger partial charge in [-0.05, 0) is 48.8 Å². The molecule has 3 nitrogen and oxygen atoms in total. The van der Waals surface area contributed by atoms with Crippen LogP contribution in [0.4, 0.5) is 0 Å². The van der Waals surface area contributed by atoms with Crippen LogP contribution in [0, 0.1) is 17.8 Å². The van der Waals surface area contributed by atoms with Gasteiger partial charge in [-0.3, -0.25) is 4.79 Å². The molecular formula is C17H21NO2. The van der Waals surface area contributed by atoms with Gasteiger partial charge in [-0.1, -0.05) is 24.3 Å². The van der Waals surface area contributed by atoms with Gasteiger partial charge in [0.1, 0.15) is 5.75 Å². The molecule has 0 aromatic heterocycles. The zero-order valence-corrected chi connectivity index (χ0v) is 11.8. The third kappa shape index (κ3) is 2.72. The number of hydrogen-bond donors (Lipinski definition) is 1. The zero-order chi connectivity index (χ0) is 13.9. The molecule has 3 rings (SSSR count). The quantitative estimate of drug-likeness (QED) is 0.836. The van der Waals surface area contributed by atoms with Crippen LogP contribution in [0.5, 0.6) is 5.75 Å². The molecule has 2 bridgehead atoms. The molecule has 106 valence electrons. The first-order valence-corrected chi connectivity index (χ1v) is 7.35.